The molecule has 5 heteroatoms. The average Bonchev–Trinajstić information content (AvgIpc) is 2.60. The van der Waals surface area contributed by atoms with Crippen LogP contribution < -0.4 is 15.1 Å². The zero-order chi connectivity index (χ0) is 19.6. The summed E-state index contributed by atoms with van der Waals surface area (Å²) in [5.41, 5.74) is 2.06. The average molecular weight is 366 g/mol. The van der Waals surface area contributed by atoms with Crippen molar-refractivity contribution in [2.75, 3.05) is 6.61 Å². The van der Waals surface area contributed by atoms with Crippen LogP contribution >= 0.6 is 0 Å². The molecular formula is C22H22O5. The van der Waals surface area contributed by atoms with Crippen molar-refractivity contribution in [1.82, 2.24) is 0 Å². The van der Waals surface area contributed by atoms with Crippen molar-refractivity contribution in [2.24, 2.45) is 0 Å². The van der Waals surface area contributed by atoms with E-state index in [1.165, 1.54) is 11.6 Å². The summed E-state index contributed by atoms with van der Waals surface area (Å²) in [4.78, 5) is 23.5. The lowest BCUT2D eigenvalue weighted by molar-refractivity contribution is -0.136. The fourth-order valence-corrected chi connectivity index (χ4v) is 2.72. The quantitative estimate of drug-likeness (QED) is 0.389. The van der Waals surface area contributed by atoms with Gasteiger partial charge in [0, 0.05) is 11.5 Å². The Hall–Kier alpha value is -3.08. The monoisotopic (exact) mass is 366 g/mol. The van der Waals surface area contributed by atoms with Crippen LogP contribution in [0.2, 0.25) is 0 Å². The molecule has 5 nitrogen and oxygen atoms in total. The first-order valence-corrected chi connectivity index (χ1v) is 8.71. The third kappa shape index (κ3) is 4.56. The van der Waals surface area contributed by atoms with E-state index in [0.717, 1.165) is 10.9 Å². The number of aryl methyl sites for hydroxylation is 1. The van der Waals surface area contributed by atoms with E-state index in [1.54, 1.807) is 25.1 Å². The number of carbonyl (C=O) groups excluding carboxylic acids is 1. The molecule has 3 rings (SSSR count). The Morgan fingerprint density at radius 1 is 1.00 bits per heavy atom. The molecule has 0 amide bonds. The molecule has 0 aliphatic carbocycles. The van der Waals surface area contributed by atoms with Crippen molar-refractivity contribution in [2.45, 2.75) is 33.1 Å². The summed E-state index contributed by atoms with van der Waals surface area (Å²) in [5, 5.41) is 0.721. The van der Waals surface area contributed by atoms with Gasteiger partial charge in [-0.15, -0.1) is 0 Å². The number of rotatable bonds is 4. The molecule has 1 aromatic heterocycles. The van der Waals surface area contributed by atoms with Gasteiger partial charge in [-0.2, -0.15) is 0 Å². The van der Waals surface area contributed by atoms with E-state index in [-0.39, 0.29) is 12.0 Å². The summed E-state index contributed by atoms with van der Waals surface area (Å²) in [7, 11) is 0. The number of hydrogen-bond acceptors (Lipinski definition) is 5. The van der Waals surface area contributed by atoms with Gasteiger partial charge in [-0.25, -0.2) is 9.59 Å². The van der Waals surface area contributed by atoms with Crippen molar-refractivity contribution >= 4 is 16.9 Å². The van der Waals surface area contributed by atoms with E-state index in [2.05, 4.69) is 20.8 Å². The Morgan fingerprint density at radius 2 is 1.67 bits per heavy atom. The highest BCUT2D eigenvalue weighted by atomic mass is 16.6. The van der Waals surface area contributed by atoms with Crippen molar-refractivity contribution in [3.8, 4) is 11.5 Å². The Bertz CT molecular complexity index is 1020. The van der Waals surface area contributed by atoms with E-state index in [4.69, 9.17) is 13.9 Å². The van der Waals surface area contributed by atoms with Crippen LogP contribution in [0, 0.1) is 6.92 Å². The maximum atomic E-state index is 12.1. The zero-order valence-electron chi connectivity index (χ0n) is 15.9. The predicted octanol–water partition coefficient (Wildman–Crippen LogP) is 4.38. The highest BCUT2D eigenvalue weighted by Gasteiger charge is 2.14. The second-order valence-electron chi connectivity index (χ2n) is 7.44. The van der Waals surface area contributed by atoms with Crippen LogP contribution in [0.25, 0.3) is 11.0 Å². The van der Waals surface area contributed by atoms with Gasteiger partial charge in [0.15, 0.2) is 6.61 Å². The molecule has 0 saturated carbocycles. The van der Waals surface area contributed by atoms with Gasteiger partial charge < -0.3 is 13.9 Å². The molecule has 0 atom stereocenters. The molecule has 0 saturated heterocycles. The first kappa shape index (κ1) is 18.7. The largest absolute Gasteiger partial charge is 0.482 e. The molecule has 2 aromatic carbocycles. The van der Waals surface area contributed by atoms with Crippen LogP contribution in [0.4, 0.5) is 0 Å². The van der Waals surface area contributed by atoms with Gasteiger partial charge in [-0.1, -0.05) is 32.9 Å². The number of hydrogen-bond donors (Lipinski definition) is 0. The summed E-state index contributed by atoms with van der Waals surface area (Å²) < 4.78 is 15.9. The SMILES string of the molecule is Cc1cc(=O)oc2ccc(OC(=O)COc3ccc(C(C)(C)C)cc3)cc12. The van der Waals surface area contributed by atoms with Crippen LogP contribution in [0.15, 0.2) is 57.7 Å². The number of carbonyl (C=O) groups is 1. The van der Waals surface area contributed by atoms with Gasteiger partial charge >= 0.3 is 11.6 Å². The summed E-state index contributed by atoms with van der Waals surface area (Å²) in [6.07, 6.45) is 0. The fraction of sp³-hybridized carbons (Fsp3) is 0.273. The molecular weight excluding hydrogens is 344 g/mol. The molecule has 140 valence electrons. The van der Waals surface area contributed by atoms with Gasteiger partial charge in [0.25, 0.3) is 0 Å². The number of fused-ring (bicyclic) bond motifs is 1. The number of esters is 1. The molecule has 0 unspecified atom stereocenters. The normalized spacial score (nSPS) is 11.4. The lowest BCUT2D eigenvalue weighted by Crippen LogP contribution is -2.18. The maximum absolute atomic E-state index is 12.1. The molecule has 3 aromatic rings. The topological polar surface area (TPSA) is 65.7 Å². The smallest absolute Gasteiger partial charge is 0.349 e. The maximum Gasteiger partial charge on any atom is 0.349 e. The third-order valence-electron chi connectivity index (χ3n) is 4.23. The zero-order valence-corrected chi connectivity index (χ0v) is 15.9. The molecule has 0 radical (unpaired) electrons. The lowest BCUT2D eigenvalue weighted by Gasteiger charge is -2.19. The third-order valence-corrected chi connectivity index (χ3v) is 4.23. The van der Waals surface area contributed by atoms with Gasteiger partial charge in [-0.3, -0.25) is 0 Å². The minimum Gasteiger partial charge on any atom is -0.482 e. The van der Waals surface area contributed by atoms with Gasteiger partial charge in [0.2, 0.25) is 0 Å². The lowest BCUT2D eigenvalue weighted by atomic mass is 9.87. The minimum absolute atomic E-state index is 0.0603. The van der Waals surface area contributed by atoms with Crippen LogP contribution in [-0.4, -0.2) is 12.6 Å². The first-order chi connectivity index (χ1) is 12.7. The minimum atomic E-state index is -0.510. The van der Waals surface area contributed by atoms with Crippen molar-refractivity contribution in [1.29, 1.82) is 0 Å². The molecule has 0 spiro atoms. The van der Waals surface area contributed by atoms with E-state index in [9.17, 15) is 9.59 Å². The fourth-order valence-electron chi connectivity index (χ4n) is 2.72. The number of ether oxygens (including phenoxy) is 2. The van der Waals surface area contributed by atoms with E-state index < -0.39 is 11.6 Å². The van der Waals surface area contributed by atoms with Gasteiger partial charge in [0.1, 0.15) is 17.1 Å². The summed E-state index contributed by atoms with van der Waals surface area (Å²) >= 11 is 0. The Labute approximate surface area is 157 Å². The summed E-state index contributed by atoms with van der Waals surface area (Å²) in [6, 6.07) is 13.9. The Balaban J connectivity index is 1.64. The molecule has 27 heavy (non-hydrogen) atoms. The van der Waals surface area contributed by atoms with Crippen molar-refractivity contribution < 1.29 is 18.7 Å². The second kappa shape index (κ2) is 7.27. The molecule has 0 fully saturated rings. The summed E-state index contributed by atoms with van der Waals surface area (Å²) in [6.45, 7) is 8.01. The van der Waals surface area contributed by atoms with E-state index >= 15 is 0 Å². The van der Waals surface area contributed by atoms with Gasteiger partial charge in [-0.05, 0) is 53.8 Å². The summed E-state index contributed by atoms with van der Waals surface area (Å²) in [5.74, 6) is 0.469. The molecule has 0 aliphatic heterocycles. The Kier molecular flexibility index (Phi) is 5.04. The number of benzene rings is 2. The van der Waals surface area contributed by atoms with Crippen LogP contribution in [-0.2, 0) is 10.2 Å². The van der Waals surface area contributed by atoms with Crippen molar-refractivity contribution in [3.05, 3.63) is 70.1 Å². The van der Waals surface area contributed by atoms with Gasteiger partial charge in [0.05, 0.1) is 0 Å². The van der Waals surface area contributed by atoms with E-state index in [1.807, 2.05) is 24.3 Å². The van der Waals surface area contributed by atoms with Crippen LogP contribution in [0.3, 0.4) is 0 Å². The first-order valence-electron chi connectivity index (χ1n) is 8.71. The highest BCUT2D eigenvalue weighted by Crippen LogP contribution is 2.25. The molecule has 0 bridgehead atoms. The Morgan fingerprint density at radius 3 is 2.33 bits per heavy atom. The predicted molar refractivity (Wildman–Crippen MR) is 103 cm³/mol. The van der Waals surface area contributed by atoms with E-state index in [0.29, 0.717) is 17.1 Å². The molecule has 0 aliphatic rings. The van der Waals surface area contributed by atoms with Crippen LogP contribution in [0.1, 0.15) is 31.9 Å². The highest BCUT2D eigenvalue weighted by molar-refractivity contribution is 5.83. The standard InChI is InChI=1S/C22H22O5/c1-14-11-20(23)27-19-10-9-17(12-18(14)19)26-21(24)13-25-16-7-5-15(6-8-16)22(2,3)4/h5-12H,13H2,1-4H3. The second-order valence-corrected chi connectivity index (χ2v) is 7.44. The van der Waals surface area contributed by atoms with Crippen LogP contribution in [0.5, 0.6) is 11.5 Å². The molecule has 0 N–H and O–H groups in total. The molecule has 1 heterocycles. The van der Waals surface area contributed by atoms with Crippen molar-refractivity contribution in [3.63, 3.8) is 0 Å².